The first-order valence-corrected chi connectivity index (χ1v) is 12.0. The van der Waals surface area contributed by atoms with Gasteiger partial charge in [0, 0.05) is 52.2 Å². The minimum absolute atomic E-state index is 0.0275. The van der Waals surface area contributed by atoms with Crippen molar-refractivity contribution in [3.63, 3.8) is 0 Å². The van der Waals surface area contributed by atoms with E-state index in [4.69, 9.17) is 0 Å². The van der Waals surface area contributed by atoms with Crippen LogP contribution < -0.4 is 9.88 Å². The van der Waals surface area contributed by atoms with E-state index in [1.54, 1.807) is 71.6 Å². The summed E-state index contributed by atoms with van der Waals surface area (Å²) in [5.74, 6) is -1.16. The highest BCUT2D eigenvalue weighted by Crippen LogP contribution is 2.55. The van der Waals surface area contributed by atoms with Crippen LogP contribution >= 0.6 is 0 Å². The molecular formula is C30H22N3O5+. The van der Waals surface area contributed by atoms with Crippen LogP contribution in [0.3, 0.4) is 0 Å². The summed E-state index contributed by atoms with van der Waals surface area (Å²) in [6, 6.07) is 22.7. The number of aryl methyl sites for hydroxylation is 1. The third kappa shape index (κ3) is 3.20. The maximum atomic E-state index is 14.3. The molecular weight excluding hydrogens is 482 g/mol. The zero-order valence-corrected chi connectivity index (χ0v) is 20.3. The number of pyridine rings is 1. The summed E-state index contributed by atoms with van der Waals surface area (Å²) in [5, 5.41) is 25.9. The zero-order chi connectivity index (χ0) is 26.6. The molecule has 1 aliphatic heterocycles. The Kier molecular flexibility index (Phi) is 5.20. The normalized spacial score (nSPS) is 18.7. The van der Waals surface area contributed by atoms with E-state index < -0.39 is 28.1 Å². The topological polar surface area (TPSA) is 113 Å². The van der Waals surface area contributed by atoms with Gasteiger partial charge in [-0.05, 0) is 25.1 Å². The molecule has 0 saturated heterocycles. The Labute approximate surface area is 217 Å². The van der Waals surface area contributed by atoms with Gasteiger partial charge in [0.2, 0.25) is 11.9 Å². The number of anilines is 1. The minimum atomic E-state index is -1.69. The van der Waals surface area contributed by atoms with Gasteiger partial charge in [0.05, 0.1) is 10.5 Å². The number of ketones is 1. The largest absolute Gasteiger partial charge is 0.507 e. The van der Waals surface area contributed by atoms with Gasteiger partial charge in [0.15, 0.2) is 23.6 Å². The number of rotatable bonds is 5. The number of aromatic nitrogens is 1. The zero-order valence-electron chi connectivity index (χ0n) is 20.3. The van der Waals surface area contributed by atoms with Crippen molar-refractivity contribution >= 4 is 28.8 Å². The number of nitrogens with one attached hydrogen (secondary N) is 1. The van der Waals surface area contributed by atoms with E-state index in [2.05, 4.69) is 5.32 Å². The quantitative estimate of drug-likeness (QED) is 0.230. The molecule has 8 nitrogen and oxygen atoms in total. The SMILES string of the molecule is Cc1ccc2c(c1)[C@@](C1=C(O)c3ccccc3C1=O)([C@@H](c1ccc([N+](=O)[O-])cc1)[n+]1ccccc1)C(=O)N2. The van der Waals surface area contributed by atoms with Gasteiger partial charge in [-0.15, -0.1) is 0 Å². The predicted octanol–water partition coefficient (Wildman–Crippen LogP) is 4.84. The third-order valence-electron chi connectivity index (χ3n) is 7.36. The molecule has 2 aliphatic rings. The smallest absolute Gasteiger partial charge is 0.269 e. The first-order valence-electron chi connectivity index (χ1n) is 12.0. The van der Waals surface area contributed by atoms with Crippen molar-refractivity contribution in [2.24, 2.45) is 0 Å². The summed E-state index contributed by atoms with van der Waals surface area (Å²) < 4.78 is 1.80. The monoisotopic (exact) mass is 504 g/mol. The van der Waals surface area contributed by atoms with Gasteiger partial charge in [-0.1, -0.05) is 48.0 Å². The number of nitrogens with zero attached hydrogens (tertiary/aromatic N) is 2. The molecule has 2 N–H and O–H groups in total. The summed E-state index contributed by atoms with van der Waals surface area (Å²) >= 11 is 0. The van der Waals surface area contributed by atoms with Crippen LogP contribution in [0, 0.1) is 17.0 Å². The summed E-state index contributed by atoms with van der Waals surface area (Å²) in [4.78, 5) is 39.3. The van der Waals surface area contributed by atoms with Crippen LogP contribution in [0.15, 0.2) is 103 Å². The number of nitro groups is 1. The standard InChI is InChI=1S/C30H21N3O5/c1-18-9-14-24-23(17-18)30(29(36)31-24,25-26(34)21-7-3-4-8-22(21)27(25)35)28(32-15-5-2-6-16-32)19-10-12-20(13-11-19)33(37)38/h2-17,28H,1H3,(H-,31,34,35,36)/p+1/t28-,30-/m1/s1. The van der Waals surface area contributed by atoms with E-state index in [1.807, 2.05) is 25.1 Å². The van der Waals surface area contributed by atoms with Crippen molar-refractivity contribution in [2.75, 3.05) is 5.32 Å². The van der Waals surface area contributed by atoms with E-state index in [9.17, 15) is 24.8 Å². The molecule has 6 rings (SSSR count). The number of Topliss-reactive ketones (excluding diaryl/α,β-unsaturated/α-hetero) is 1. The number of amides is 1. The van der Waals surface area contributed by atoms with Gasteiger partial charge in [0.1, 0.15) is 5.76 Å². The number of aliphatic hydroxyl groups excluding tert-OH is 1. The highest BCUT2D eigenvalue weighted by atomic mass is 16.6. The van der Waals surface area contributed by atoms with Gasteiger partial charge in [-0.3, -0.25) is 19.7 Å². The number of carbonyl (C=O) groups is 2. The van der Waals surface area contributed by atoms with Gasteiger partial charge >= 0.3 is 0 Å². The molecule has 2 atom stereocenters. The molecule has 8 heteroatoms. The van der Waals surface area contributed by atoms with Gasteiger partial charge < -0.3 is 10.4 Å². The van der Waals surface area contributed by atoms with E-state index in [0.717, 1.165) is 5.56 Å². The molecule has 0 spiro atoms. The fourth-order valence-corrected chi connectivity index (χ4v) is 5.73. The molecule has 0 unspecified atom stereocenters. The molecule has 186 valence electrons. The van der Waals surface area contributed by atoms with Crippen LogP contribution in [0.2, 0.25) is 0 Å². The van der Waals surface area contributed by atoms with Crippen molar-refractivity contribution < 1.29 is 24.2 Å². The van der Waals surface area contributed by atoms with E-state index in [1.165, 1.54) is 12.1 Å². The summed E-state index contributed by atoms with van der Waals surface area (Å²) in [5.41, 5.74) is 1.36. The van der Waals surface area contributed by atoms with E-state index >= 15 is 0 Å². The molecule has 1 aromatic heterocycles. The lowest BCUT2D eigenvalue weighted by atomic mass is 9.65. The lowest BCUT2D eigenvalue weighted by molar-refractivity contribution is -0.719. The number of non-ortho nitro benzene ring substituents is 1. The second-order valence-electron chi connectivity index (χ2n) is 9.48. The van der Waals surface area contributed by atoms with Crippen LogP contribution in [0.1, 0.15) is 38.7 Å². The van der Waals surface area contributed by atoms with Crippen LogP contribution in [0.5, 0.6) is 0 Å². The van der Waals surface area contributed by atoms with Gasteiger partial charge in [-0.25, -0.2) is 0 Å². The van der Waals surface area contributed by atoms with E-state index in [0.29, 0.717) is 27.9 Å². The Morgan fingerprint density at radius 2 is 1.61 bits per heavy atom. The van der Waals surface area contributed by atoms with Crippen LogP contribution in [-0.2, 0) is 10.2 Å². The number of hydrogen-bond acceptors (Lipinski definition) is 5. The number of aliphatic hydroxyl groups is 1. The van der Waals surface area contributed by atoms with Crippen LogP contribution in [0.25, 0.3) is 5.76 Å². The van der Waals surface area contributed by atoms with Crippen molar-refractivity contribution in [1.29, 1.82) is 0 Å². The van der Waals surface area contributed by atoms with Crippen molar-refractivity contribution in [2.45, 2.75) is 18.4 Å². The highest BCUT2D eigenvalue weighted by Gasteiger charge is 2.64. The third-order valence-corrected chi connectivity index (χ3v) is 7.36. The molecule has 3 aromatic carbocycles. The Bertz CT molecular complexity index is 1680. The molecule has 2 heterocycles. The Morgan fingerprint density at radius 1 is 0.921 bits per heavy atom. The first kappa shape index (κ1) is 23.3. The second-order valence-corrected chi connectivity index (χ2v) is 9.48. The number of nitro benzene ring substituents is 1. The van der Waals surface area contributed by atoms with Crippen molar-refractivity contribution in [3.8, 4) is 0 Å². The fourth-order valence-electron chi connectivity index (χ4n) is 5.73. The minimum Gasteiger partial charge on any atom is -0.507 e. The number of carbonyl (C=O) groups excluding carboxylic acids is 2. The maximum Gasteiger partial charge on any atom is 0.269 e. The molecule has 1 aliphatic carbocycles. The van der Waals surface area contributed by atoms with Gasteiger partial charge in [0.25, 0.3) is 5.69 Å². The summed E-state index contributed by atoms with van der Waals surface area (Å²) in [6.45, 7) is 1.89. The lowest BCUT2D eigenvalue weighted by Gasteiger charge is -2.33. The average molecular weight is 505 g/mol. The Balaban J connectivity index is 1.73. The lowest BCUT2D eigenvalue weighted by Crippen LogP contribution is -2.56. The van der Waals surface area contributed by atoms with E-state index in [-0.39, 0.29) is 17.0 Å². The number of benzene rings is 3. The Morgan fingerprint density at radius 3 is 2.26 bits per heavy atom. The fraction of sp³-hybridized carbons (Fsp3) is 0.100. The molecule has 1 amide bonds. The van der Waals surface area contributed by atoms with Crippen molar-refractivity contribution in [1.82, 2.24) is 0 Å². The molecule has 4 aromatic rings. The molecule has 0 saturated carbocycles. The molecule has 38 heavy (non-hydrogen) atoms. The summed E-state index contributed by atoms with van der Waals surface area (Å²) in [7, 11) is 0. The first-order chi connectivity index (χ1) is 18.3. The van der Waals surface area contributed by atoms with Crippen molar-refractivity contribution in [3.05, 3.63) is 141 Å². The second kappa shape index (κ2) is 8.48. The maximum absolute atomic E-state index is 14.3. The summed E-state index contributed by atoms with van der Waals surface area (Å²) in [6.07, 6.45) is 3.55. The molecule has 0 bridgehead atoms. The molecule has 0 fully saturated rings. The van der Waals surface area contributed by atoms with Gasteiger partial charge in [-0.2, -0.15) is 4.57 Å². The average Bonchev–Trinajstić information content (AvgIpc) is 3.35. The van der Waals surface area contributed by atoms with Crippen LogP contribution in [-0.4, -0.2) is 21.7 Å². The number of fused-ring (bicyclic) bond motifs is 2. The van der Waals surface area contributed by atoms with Crippen LogP contribution in [0.4, 0.5) is 11.4 Å². The number of hydrogen-bond donors (Lipinski definition) is 2. The molecule has 0 radical (unpaired) electrons. The highest BCUT2D eigenvalue weighted by molar-refractivity contribution is 6.27. The Hall–Kier alpha value is -5.11. The predicted molar refractivity (Wildman–Crippen MR) is 140 cm³/mol.